The number of carbonyl (C=O) groups is 1. The molecule has 16 heavy (non-hydrogen) atoms. The van der Waals surface area contributed by atoms with Gasteiger partial charge in [0.25, 0.3) is 0 Å². The molecule has 0 saturated carbocycles. The Balaban J connectivity index is 2.24. The second kappa shape index (κ2) is 4.53. The number of hydrogen-bond acceptors (Lipinski definition) is 2. The summed E-state index contributed by atoms with van der Waals surface area (Å²) in [6.07, 6.45) is 0. The topological polar surface area (TPSA) is 46.9 Å². The number of halogens is 1. The number of fused-ring (bicyclic) bond motifs is 1. The van der Waals surface area contributed by atoms with E-state index in [4.69, 9.17) is 11.6 Å². The predicted octanol–water partition coefficient (Wildman–Crippen LogP) is 1.43. The first-order chi connectivity index (χ1) is 7.72. The highest BCUT2D eigenvalue weighted by Crippen LogP contribution is 2.13. The average molecular weight is 238 g/mol. The number of aryl methyl sites for hydroxylation is 1. The minimum Gasteiger partial charge on any atom is -0.348 e. The van der Waals surface area contributed by atoms with E-state index in [1.54, 1.807) is 0 Å². The maximum Gasteiger partial charge on any atom is 0.235 e. The molecule has 84 valence electrons. The molecule has 0 atom stereocenters. The molecule has 1 aromatic heterocycles. The number of nitrogens with zero attached hydrogens (tertiary/aromatic N) is 2. The monoisotopic (exact) mass is 237 g/mol. The first-order valence-electron chi connectivity index (χ1n) is 4.95. The zero-order valence-electron chi connectivity index (χ0n) is 8.90. The third-order valence-corrected chi connectivity index (χ3v) is 2.69. The van der Waals surface area contributed by atoms with Crippen LogP contribution >= 0.6 is 11.6 Å². The lowest BCUT2D eigenvalue weighted by molar-refractivity contribution is -0.118. The Kier molecular flexibility index (Phi) is 3.10. The van der Waals surface area contributed by atoms with Gasteiger partial charge in [-0.25, -0.2) is 4.98 Å². The van der Waals surface area contributed by atoms with Crippen LogP contribution < -0.4 is 5.32 Å². The summed E-state index contributed by atoms with van der Waals surface area (Å²) in [6.45, 7) is 0.400. The van der Waals surface area contributed by atoms with Crippen molar-refractivity contribution in [2.45, 2.75) is 6.54 Å². The summed E-state index contributed by atoms with van der Waals surface area (Å²) in [4.78, 5) is 15.5. The molecule has 0 bridgehead atoms. The summed E-state index contributed by atoms with van der Waals surface area (Å²) in [5.74, 6) is 0.609. The minimum atomic E-state index is -0.186. The van der Waals surface area contributed by atoms with Gasteiger partial charge in [-0.3, -0.25) is 4.79 Å². The summed E-state index contributed by atoms with van der Waals surface area (Å²) in [6, 6.07) is 7.85. The standard InChI is InChI=1S/C11H12ClN3O/c1-15-9-5-3-2-4-8(9)14-10(15)7-13-11(16)6-12/h2-5H,6-7H2,1H3,(H,13,16). The zero-order chi connectivity index (χ0) is 11.5. The first kappa shape index (κ1) is 11.0. The molecule has 0 saturated heterocycles. The van der Waals surface area contributed by atoms with Gasteiger partial charge in [0.2, 0.25) is 5.91 Å². The third kappa shape index (κ3) is 2.02. The van der Waals surface area contributed by atoms with Crippen LogP contribution in [0.3, 0.4) is 0 Å². The number of nitrogens with one attached hydrogen (secondary N) is 1. The van der Waals surface area contributed by atoms with Crippen LogP contribution in [0.1, 0.15) is 5.82 Å². The SMILES string of the molecule is Cn1c(CNC(=O)CCl)nc2ccccc21. The Bertz CT molecular complexity index is 521. The van der Waals surface area contributed by atoms with E-state index in [1.807, 2.05) is 35.9 Å². The smallest absolute Gasteiger partial charge is 0.235 e. The summed E-state index contributed by atoms with van der Waals surface area (Å²) in [5.41, 5.74) is 1.98. The normalized spacial score (nSPS) is 10.6. The first-order valence-corrected chi connectivity index (χ1v) is 5.49. The van der Waals surface area contributed by atoms with Crippen LogP contribution in [0, 0.1) is 0 Å². The van der Waals surface area contributed by atoms with Crippen LogP contribution in [-0.4, -0.2) is 21.3 Å². The number of aromatic nitrogens is 2. The van der Waals surface area contributed by atoms with Crippen LogP contribution in [0.4, 0.5) is 0 Å². The van der Waals surface area contributed by atoms with Crippen molar-refractivity contribution in [3.63, 3.8) is 0 Å². The van der Waals surface area contributed by atoms with E-state index in [-0.39, 0.29) is 11.8 Å². The van der Waals surface area contributed by atoms with Crippen LogP contribution in [0.5, 0.6) is 0 Å². The zero-order valence-corrected chi connectivity index (χ0v) is 9.66. The largest absolute Gasteiger partial charge is 0.348 e. The summed E-state index contributed by atoms with van der Waals surface area (Å²) >= 11 is 5.40. The van der Waals surface area contributed by atoms with Gasteiger partial charge in [0, 0.05) is 7.05 Å². The Hall–Kier alpha value is -1.55. The van der Waals surface area contributed by atoms with Gasteiger partial charge in [-0.15, -0.1) is 11.6 Å². The highest BCUT2D eigenvalue weighted by Gasteiger charge is 2.07. The van der Waals surface area contributed by atoms with Gasteiger partial charge in [0.15, 0.2) is 0 Å². The summed E-state index contributed by atoms with van der Waals surface area (Å²) in [7, 11) is 1.93. The van der Waals surface area contributed by atoms with Gasteiger partial charge < -0.3 is 9.88 Å². The molecule has 0 aliphatic carbocycles. The number of alkyl halides is 1. The van der Waals surface area contributed by atoms with Gasteiger partial charge in [-0.1, -0.05) is 12.1 Å². The van der Waals surface area contributed by atoms with Crippen molar-refractivity contribution in [3.8, 4) is 0 Å². The number of hydrogen-bond donors (Lipinski definition) is 1. The fraction of sp³-hybridized carbons (Fsp3) is 0.273. The van der Waals surface area contributed by atoms with Gasteiger partial charge in [-0.2, -0.15) is 0 Å². The van der Waals surface area contributed by atoms with E-state index < -0.39 is 0 Å². The number of para-hydroxylation sites is 2. The van der Waals surface area contributed by atoms with Crippen molar-refractivity contribution in [3.05, 3.63) is 30.1 Å². The second-order valence-corrected chi connectivity index (χ2v) is 3.75. The van der Waals surface area contributed by atoms with E-state index in [0.29, 0.717) is 6.54 Å². The molecule has 0 fully saturated rings. The molecular weight excluding hydrogens is 226 g/mol. The number of rotatable bonds is 3. The fourth-order valence-electron chi connectivity index (χ4n) is 1.58. The predicted molar refractivity (Wildman–Crippen MR) is 63.3 cm³/mol. The van der Waals surface area contributed by atoms with E-state index in [1.165, 1.54) is 0 Å². The Morgan fingerprint density at radius 3 is 2.94 bits per heavy atom. The number of benzene rings is 1. The van der Waals surface area contributed by atoms with E-state index in [0.717, 1.165) is 16.9 Å². The van der Waals surface area contributed by atoms with E-state index in [2.05, 4.69) is 10.3 Å². The lowest BCUT2D eigenvalue weighted by Crippen LogP contribution is -2.25. The minimum absolute atomic E-state index is 0.0239. The number of imidazole rings is 1. The highest BCUT2D eigenvalue weighted by atomic mass is 35.5. The second-order valence-electron chi connectivity index (χ2n) is 3.49. The van der Waals surface area contributed by atoms with Crippen molar-refractivity contribution >= 4 is 28.5 Å². The molecule has 0 aliphatic heterocycles. The highest BCUT2D eigenvalue weighted by molar-refractivity contribution is 6.27. The van der Waals surface area contributed by atoms with Crippen molar-refractivity contribution in [2.24, 2.45) is 7.05 Å². The molecule has 5 heteroatoms. The summed E-state index contributed by atoms with van der Waals surface area (Å²) in [5, 5.41) is 2.70. The quantitative estimate of drug-likeness (QED) is 0.821. The molecule has 4 nitrogen and oxygen atoms in total. The molecule has 1 N–H and O–H groups in total. The Morgan fingerprint density at radius 2 is 2.25 bits per heavy atom. The Labute approximate surface area is 98.2 Å². The van der Waals surface area contributed by atoms with Gasteiger partial charge in [0.1, 0.15) is 11.7 Å². The van der Waals surface area contributed by atoms with Crippen LogP contribution in [-0.2, 0) is 18.4 Å². The average Bonchev–Trinajstić information content (AvgIpc) is 2.64. The van der Waals surface area contributed by atoms with Gasteiger partial charge in [0.05, 0.1) is 17.6 Å². The fourth-order valence-corrected chi connectivity index (χ4v) is 1.67. The Morgan fingerprint density at radius 1 is 1.50 bits per heavy atom. The lowest BCUT2D eigenvalue weighted by Gasteiger charge is -2.03. The lowest BCUT2D eigenvalue weighted by atomic mass is 10.3. The summed E-state index contributed by atoms with van der Waals surface area (Å²) < 4.78 is 1.96. The molecule has 0 spiro atoms. The van der Waals surface area contributed by atoms with Gasteiger partial charge >= 0.3 is 0 Å². The van der Waals surface area contributed by atoms with Crippen molar-refractivity contribution in [2.75, 3.05) is 5.88 Å². The van der Waals surface area contributed by atoms with Crippen molar-refractivity contribution in [1.29, 1.82) is 0 Å². The van der Waals surface area contributed by atoms with Crippen molar-refractivity contribution in [1.82, 2.24) is 14.9 Å². The maximum atomic E-state index is 11.0. The number of amides is 1. The molecule has 1 amide bonds. The molecule has 2 rings (SSSR count). The molecule has 0 radical (unpaired) electrons. The molecule has 1 aromatic carbocycles. The number of carbonyl (C=O) groups excluding carboxylic acids is 1. The maximum absolute atomic E-state index is 11.0. The van der Waals surface area contributed by atoms with Gasteiger partial charge in [-0.05, 0) is 12.1 Å². The molecule has 0 unspecified atom stereocenters. The molecule has 0 aliphatic rings. The van der Waals surface area contributed by atoms with Crippen LogP contribution in [0.15, 0.2) is 24.3 Å². The molecular formula is C11H12ClN3O. The van der Waals surface area contributed by atoms with Crippen molar-refractivity contribution < 1.29 is 4.79 Å². The van der Waals surface area contributed by atoms with Crippen LogP contribution in [0.25, 0.3) is 11.0 Å². The molecule has 1 heterocycles. The molecule has 2 aromatic rings. The van der Waals surface area contributed by atoms with Crippen LogP contribution in [0.2, 0.25) is 0 Å². The van der Waals surface area contributed by atoms with E-state index >= 15 is 0 Å². The van der Waals surface area contributed by atoms with E-state index in [9.17, 15) is 4.79 Å². The third-order valence-electron chi connectivity index (χ3n) is 2.44.